The third-order valence-corrected chi connectivity index (χ3v) is 9.82. The van der Waals surface area contributed by atoms with Crippen LogP contribution in [0.4, 0.5) is 19.3 Å². The highest BCUT2D eigenvalue weighted by molar-refractivity contribution is 8.15. The standard InChI is InChI=1S/C26H37F2N3O7SSi/c1-9-37-21(32)26-14-19(26)25(5,17-12-16(31(34)35)13-18(27)20(17)28)29-22(39-26)30(23(33)38-24(2,3)4)15-36-10-11-40(6,7)8/h12-13,19H,9-11,14-15H2,1-8H3/t19-,25+,26-/m0/s1. The zero-order valence-corrected chi connectivity index (χ0v) is 25.9. The van der Waals surface area contributed by atoms with Gasteiger partial charge in [0, 0.05) is 32.2 Å². The van der Waals surface area contributed by atoms with Gasteiger partial charge >= 0.3 is 12.1 Å². The first kappa shape index (κ1) is 31.9. The Balaban J connectivity index is 2.14. The Hall–Kier alpha value is -2.58. The van der Waals surface area contributed by atoms with Crippen LogP contribution >= 0.6 is 11.8 Å². The molecule has 1 aromatic carbocycles. The summed E-state index contributed by atoms with van der Waals surface area (Å²) in [4.78, 5) is 43.0. The number of rotatable bonds is 9. The predicted octanol–water partition coefficient (Wildman–Crippen LogP) is 6.06. The molecule has 1 aromatic rings. The van der Waals surface area contributed by atoms with E-state index in [4.69, 9.17) is 14.2 Å². The number of amidine groups is 1. The van der Waals surface area contributed by atoms with Gasteiger partial charge in [0.1, 0.15) is 17.1 Å². The number of aliphatic imine (C=N–C) groups is 1. The summed E-state index contributed by atoms with van der Waals surface area (Å²) in [6.07, 6.45) is -0.638. The van der Waals surface area contributed by atoms with Crippen molar-refractivity contribution in [2.24, 2.45) is 10.9 Å². The summed E-state index contributed by atoms with van der Waals surface area (Å²) in [7, 11) is -1.46. The summed E-state index contributed by atoms with van der Waals surface area (Å²) in [5.74, 6) is -4.01. The maximum atomic E-state index is 15.3. The number of amides is 1. The van der Waals surface area contributed by atoms with Crippen LogP contribution in [0.25, 0.3) is 0 Å². The molecule has 222 valence electrons. The number of halogens is 2. The SMILES string of the molecule is CCOC(=O)[C@]12C[C@H]1[C@@](C)(c1cc([N+](=O)[O-])cc(F)c1F)N=C(N(COCC[Si](C)(C)C)C(=O)OC(C)(C)C)S2. The Bertz CT molecular complexity index is 1220. The van der Waals surface area contributed by atoms with E-state index >= 15 is 4.39 Å². The summed E-state index contributed by atoms with van der Waals surface area (Å²) >= 11 is 0.979. The number of carbonyl (C=O) groups is 2. The summed E-state index contributed by atoms with van der Waals surface area (Å²) in [5, 5.41) is 11.5. The number of ether oxygens (including phenoxy) is 3. The molecule has 1 aliphatic heterocycles. The first-order valence-corrected chi connectivity index (χ1v) is 17.6. The van der Waals surface area contributed by atoms with Gasteiger partial charge in [0.15, 0.2) is 16.8 Å². The molecule has 1 amide bonds. The number of hydrogen-bond donors (Lipinski definition) is 0. The average Bonchev–Trinajstić information content (AvgIpc) is 3.56. The fourth-order valence-electron chi connectivity index (χ4n) is 4.44. The molecule has 1 fully saturated rings. The van der Waals surface area contributed by atoms with Crippen molar-refractivity contribution < 1.29 is 37.5 Å². The van der Waals surface area contributed by atoms with Crippen molar-refractivity contribution in [2.75, 3.05) is 19.9 Å². The number of nitro benzene ring substituents is 1. The second kappa shape index (κ2) is 11.4. The van der Waals surface area contributed by atoms with Gasteiger partial charge in [-0.2, -0.15) is 0 Å². The highest BCUT2D eigenvalue weighted by Crippen LogP contribution is 2.67. The Morgan fingerprint density at radius 2 is 1.93 bits per heavy atom. The molecule has 0 N–H and O–H groups in total. The lowest BCUT2D eigenvalue weighted by Crippen LogP contribution is -2.47. The zero-order chi connectivity index (χ0) is 30.3. The molecule has 2 aliphatic rings. The number of non-ortho nitro benzene ring substituents is 1. The number of benzene rings is 1. The first-order valence-electron chi connectivity index (χ1n) is 13.0. The van der Waals surface area contributed by atoms with Crippen molar-refractivity contribution in [3.63, 3.8) is 0 Å². The van der Waals surface area contributed by atoms with Crippen LogP contribution < -0.4 is 0 Å². The van der Waals surface area contributed by atoms with Crippen LogP contribution in [0.15, 0.2) is 17.1 Å². The molecule has 0 bridgehead atoms. The number of nitro groups is 1. The van der Waals surface area contributed by atoms with Crippen molar-refractivity contribution in [1.82, 2.24) is 4.90 Å². The summed E-state index contributed by atoms with van der Waals surface area (Å²) in [6, 6.07) is 2.24. The fraction of sp³-hybridized carbons (Fsp3) is 0.654. The number of nitrogens with zero attached hydrogens (tertiary/aromatic N) is 3. The monoisotopic (exact) mass is 601 g/mol. The minimum atomic E-state index is -1.65. The van der Waals surface area contributed by atoms with Crippen LogP contribution in [0.2, 0.25) is 25.7 Å². The average molecular weight is 602 g/mol. The smallest absolute Gasteiger partial charge is 0.418 e. The topological polar surface area (TPSA) is 121 Å². The van der Waals surface area contributed by atoms with E-state index < -0.39 is 69.7 Å². The lowest BCUT2D eigenvalue weighted by Gasteiger charge is -2.37. The van der Waals surface area contributed by atoms with E-state index in [2.05, 4.69) is 24.6 Å². The minimum absolute atomic E-state index is 0.0159. The molecular weight excluding hydrogens is 564 g/mol. The molecule has 10 nitrogen and oxygen atoms in total. The van der Waals surface area contributed by atoms with Crippen LogP contribution in [-0.2, 0) is 24.5 Å². The Kier molecular flexibility index (Phi) is 9.07. The van der Waals surface area contributed by atoms with Gasteiger partial charge in [0.05, 0.1) is 23.1 Å². The molecule has 1 aliphatic carbocycles. The molecule has 1 saturated carbocycles. The van der Waals surface area contributed by atoms with Gasteiger partial charge in [-0.05, 0) is 47.1 Å². The van der Waals surface area contributed by atoms with Gasteiger partial charge in [-0.1, -0.05) is 31.4 Å². The van der Waals surface area contributed by atoms with Crippen LogP contribution in [-0.4, -0.2) is 65.4 Å². The fourth-order valence-corrected chi connectivity index (χ4v) is 6.76. The van der Waals surface area contributed by atoms with Gasteiger partial charge in [-0.25, -0.2) is 18.5 Å². The molecule has 1 heterocycles. The van der Waals surface area contributed by atoms with Crippen molar-refractivity contribution in [2.45, 2.75) is 82.6 Å². The highest BCUT2D eigenvalue weighted by Gasteiger charge is 2.72. The third kappa shape index (κ3) is 6.82. The highest BCUT2D eigenvalue weighted by atomic mass is 32.2. The lowest BCUT2D eigenvalue weighted by molar-refractivity contribution is -0.385. The number of hydrogen-bond acceptors (Lipinski definition) is 9. The van der Waals surface area contributed by atoms with Crippen molar-refractivity contribution >= 4 is 42.8 Å². The van der Waals surface area contributed by atoms with Crippen molar-refractivity contribution in [3.05, 3.63) is 39.4 Å². The lowest BCUT2D eigenvalue weighted by atomic mass is 9.85. The van der Waals surface area contributed by atoms with Crippen LogP contribution in [0.3, 0.4) is 0 Å². The summed E-state index contributed by atoms with van der Waals surface area (Å²) in [6.45, 7) is 14.9. The summed E-state index contributed by atoms with van der Waals surface area (Å²) < 4.78 is 45.4. The number of carbonyl (C=O) groups excluding carboxylic acids is 2. The Morgan fingerprint density at radius 1 is 1.27 bits per heavy atom. The molecule has 0 unspecified atom stereocenters. The van der Waals surface area contributed by atoms with Gasteiger partial charge in [0.2, 0.25) is 0 Å². The van der Waals surface area contributed by atoms with Gasteiger partial charge in [-0.3, -0.25) is 19.9 Å². The molecule has 3 atom stereocenters. The normalized spacial score (nSPS) is 24.1. The van der Waals surface area contributed by atoms with E-state index in [9.17, 15) is 24.1 Å². The predicted molar refractivity (Wildman–Crippen MR) is 150 cm³/mol. The van der Waals surface area contributed by atoms with E-state index in [1.807, 2.05) is 0 Å². The Labute approximate surface area is 238 Å². The molecule has 14 heteroatoms. The molecule has 0 radical (unpaired) electrons. The number of thioether (sulfide) groups is 1. The van der Waals surface area contributed by atoms with Crippen molar-refractivity contribution in [3.8, 4) is 0 Å². The van der Waals surface area contributed by atoms with E-state index in [1.165, 1.54) is 6.92 Å². The second-order valence-corrected chi connectivity index (χ2v) is 19.2. The van der Waals surface area contributed by atoms with Gasteiger partial charge < -0.3 is 14.2 Å². The Morgan fingerprint density at radius 3 is 2.48 bits per heavy atom. The van der Waals surface area contributed by atoms with Crippen molar-refractivity contribution in [1.29, 1.82) is 0 Å². The van der Waals surface area contributed by atoms with E-state index in [1.54, 1.807) is 27.7 Å². The first-order chi connectivity index (χ1) is 18.3. The maximum absolute atomic E-state index is 15.3. The molecule has 3 rings (SSSR count). The van der Waals surface area contributed by atoms with Gasteiger partial charge in [-0.15, -0.1) is 0 Å². The van der Waals surface area contributed by atoms with Crippen LogP contribution in [0, 0.1) is 27.7 Å². The molecular formula is C26H37F2N3O7SSi. The molecule has 40 heavy (non-hydrogen) atoms. The molecule has 0 aromatic heterocycles. The van der Waals surface area contributed by atoms with Gasteiger partial charge in [0.25, 0.3) is 5.69 Å². The molecule has 0 spiro atoms. The van der Waals surface area contributed by atoms with Crippen LogP contribution in [0.5, 0.6) is 0 Å². The quantitative estimate of drug-likeness (QED) is 0.0836. The minimum Gasteiger partial charge on any atom is -0.465 e. The zero-order valence-electron chi connectivity index (χ0n) is 24.1. The van der Waals surface area contributed by atoms with E-state index in [0.29, 0.717) is 12.7 Å². The van der Waals surface area contributed by atoms with E-state index in [-0.39, 0.29) is 24.9 Å². The third-order valence-electron chi connectivity index (χ3n) is 6.64. The second-order valence-electron chi connectivity index (χ2n) is 12.3. The molecule has 0 saturated heterocycles. The number of esters is 1. The maximum Gasteiger partial charge on any atom is 0.418 e. The van der Waals surface area contributed by atoms with E-state index in [0.717, 1.165) is 28.8 Å². The number of fused-ring (bicyclic) bond motifs is 1. The largest absolute Gasteiger partial charge is 0.465 e. The summed E-state index contributed by atoms with van der Waals surface area (Å²) in [5.41, 5.74) is -3.58. The van der Waals surface area contributed by atoms with Crippen LogP contribution in [0.1, 0.15) is 46.6 Å².